The molecule has 1 rings (SSSR count). The summed E-state index contributed by atoms with van der Waals surface area (Å²) in [5.74, 6) is -5.46. The van der Waals surface area contributed by atoms with E-state index < -0.39 is 64.9 Å². The second-order valence-electron chi connectivity index (χ2n) is 9.53. The van der Waals surface area contributed by atoms with E-state index in [4.69, 9.17) is 5.26 Å². The summed E-state index contributed by atoms with van der Waals surface area (Å²) in [5, 5.41) is 11.3. The summed E-state index contributed by atoms with van der Waals surface area (Å²) in [6.45, 7) is 1.69. The van der Waals surface area contributed by atoms with Crippen LogP contribution in [-0.4, -0.2) is 33.7 Å². The van der Waals surface area contributed by atoms with Gasteiger partial charge in [-0.05, 0) is 37.5 Å². The molecule has 0 saturated carbocycles. The van der Waals surface area contributed by atoms with E-state index in [-0.39, 0.29) is 17.2 Å². The molecule has 1 amide bonds. The van der Waals surface area contributed by atoms with Crippen LogP contribution in [0.15, 0.2) is 18.2 Å². The lowest BCUT2D eigenvalue weighted by Crippen LogP contribution is -2.36. The molecule has 1 aromatic carbocycles. The van der Waals surface area contributed by atoms with Gasteiger partial charge in [0, 0.05) is 40.3 Å². The Kier molecular flexibility index (Phi) is 14.4. The molecule has 2 unspecified atom stereocenters. The summed E-state index contributed by atoms with van der Waals surface area (Å²) < 4.78 is 113. The fourth-order valence-corrected chi connectivity index (χ4v) is 5.02. The van der Waals surface area contributed by atoms with Crippen molar-refractivity contribution in [2.45, 2.75) is 95.8 Å². The van der Waals surface area contributed by atoms with Gasteiger partial charge in [0.15, 0.2) is 0 Å². The molecular formula is C26H34F8N2O2S. The van der Waals surface area contributed by atoms with Crippen molar-refractivity contribution >= 4 is 22.4 Å². The van der Waals surface area contributed by atoms with Gasteiger partial charge in [-0.15, -0.1) is 0 Å². The summed E-state index contributed by atoms with van der Waals surface area (Å²) in [6, 6.07) is 4.52. The Morgan fingerprint density at radius 1 is 0.897 bits per heavy atom. The van der Waals surface area contributed by atoms with Crippen LogP contribution >= 0.6 is 0 Å². The third-order valence-corrected chi connectivity index (χ3v) is 7.69. The monoisotopic (exact) mass is 590 g/mol. The molecule has 0 saturated heterocycles. The summed E-state index contributed by atoms with van der Waals surface area (Å²) in [5.41, 5.74) is -1.64. The van der Waals surface area contributed by atoms with Crippen LogP contribution in [0.2, 0.25) is 0 Å². The molecule has 4 nitrogen and oxygen atoms in total. The maximum Gasteiger partial charge on any atom is 0.453 e. The van der Waals surface area contributed by atoms with Gasteiger partial charge < -0.3 is 5.32 Å². The Labute approximate surface area is 226 Å². The second kappa shape index (κ2) is 16.1. The van der Waals surface area contributed by atoms with Gasteiger partial charge in [0.2, 0.25) is 5.91 Å². The number of nitrogens with one attached hydrogen (secondary N) is 1. The van der Waals surface area contributed by atoms with Crippen molar-refractivity contribution in [3.63, 3.8) is 0 Å². The number of halogens is 8. The first-order valence-electron chi connectivity index (χ1n) is 12.8. The van der Waals surface area contributed by atoms with Gasteiger partial charge in [-0.25, -0.2) is 0 Å². The number of rotatable bonds is 17. The van der Waals surface area contributed by atoms with Crippen molar-refractivity contribution in [1.82, 2.24) is 0 Å². The summed E-state index contributed by atoms with van der Waals surface area (Å²) >= 11 is 0. The summed E-state index contributed by atoms with van der Waals surface area (Å²) in [7, 11) is -1.42. The lowest BCUT2D eigenvalue weighted by atomic mass is 10.0. The molecule has 0 bridgehead atoms. The van der Waals surface area contributed by atoms with Crippen molar-refractivity contribution in [2.75, 3.05) is 16.8 Å². The predicted octanol–water partition coefficient (Wildman–Crippen LogP) is 8.39. The Balaban J connectivity index is 2.14. The third-order valence-electron chi connectivity index (χ3n) is 6.20. The predicted molar refractivity (Wildman–Crippen MR) is 134 cm³/mol. The Bertz CT molecular complexity index is 974. The van der Waals surface area contributed by atoms with Crippen molar-refractivity contribution in [2.24, 2.45) is 5.92 Å². The minimum Gasteiger partial charge on any atom is -0.326 e. The van der Waals surface area contributed by atoms with Gasteiger partial charge in [-0.3, -0.25) is 9.00 Å². The average molecular weight is 591 g/mol. The van der Waals surface area contributed by atoms with Crippen molar-refractivity contribution in [3.05, 3.63) is 29.3 Å². The molecule has 0 aliphatic rings. The zero-order valence-electron chi connectivity index (χ0n) is 21.7. The topological polar surface area (TPSA) is 70.0 Å². The van der Waals surface area contributed by atoms with Crippen molar-refractivity contribution < 1.29 is 44.1 Å². The molecule has 0 fully saturated rings. The van der Waals surface area contributed by atoms with Gasteiger partial charge in [0.25, 0.3) is 0 Å². The van der Waals surface area contributed by atoms with Crippen molar-refractivity contribution in [3.8, 4) is 6.07 Å². The molecule has 0 aliphatic carbocycles. The standard InChI is InChI=1S/C26H34F8N2O2S/c1-19(23(37)36-21-13-12-20(18-35)22(17-21)25(29,30)31)11-8-6-4-2-3-5-7-9-15-39(38)16-10-14-24(27,28)26(32,33)34/h12-13,17,19H,2-11,14-16H2,1H3,(H,36,37). The number of anilines is 1. The molecule has 13 heteroatoms. The number of nitriles is 1. The van der Waals surface area contributed by atoms with Crippen LogP contribution in [0, 0.1) is 17.2 Å². The molecule has 0 aromatic heterocycles. The number of nitrogens with zero attached hydrogens (tertiary/aromatic N) is 1. The molecule has 1 aromatic rings. The third kappa shape index (κ3) is 13.1. The summed E-state index contributed by atoms with van der Waals surface area (Å²) in [6.07, 6.45) is -4.81. The molecule has 0 spiro atoms. The summed E-state index contributed by atoms with van der Waals surface area (Å²) in [4.78, 5) is 12.3. The van der Waals surface area contributed by atoms with Gasteiger partial charge in [0.05, 0.1) is 17.2 Å². The zero-order valence-corrected chi connectivity index (χ0v) is 22.5. The SMILES string of the molecule is CC(CCCCCCCCCCS(=O)CCCC(F)(F)C(F)(F)F)C(=O)Nc1ccc(C#N)c(C(F)(F)F)c1. The van der Waals surface area contributed by atoms with Gasteiger partial charge in [0.1, 0.15) is 0 Å². The Hall–Kier alpha value is -2.23. The van der Waals surface area contributed by atoms with E-state index in [9.17, 15) is 44.1 Å². The van der Waals surface area contributed by atoms with Crippen molar-refractivity contribution in [1.29, 1.82) is 5.26 Å². The quantitative estimate of drug-likeness (QED) is 0.146. The lowest BCUT2D eigenvalue weighted by molar-refractivity contribution is -0.284. The molecule has 222 valence electrons. The maximum absolute atomic E-state index is 13.1. The lowest BCUT2D eigenvalue weighted by Gasteiger charge is -2.19. The van der Waals surface area contributed by atoms with Gasteiger partial charge in [-0.2, -0.15) is 40.4 Å². The van der Waals surface area contributed by atoms with Crippen LogP contribution in [0.1, 0.15) is 88.7 Å². The van der Waals surface area contributed by atoms with E-state index in [0.29, 0.717) is 12.8 Å². The number of alkyl halides is 8. The number of carbonyl (C=O) groups excluding carboxylic acids is 1. The van der Waals surface area contributed by atoms with E-state index >= 15 is 0 Å². The number of unbranched alkanes of at least 4 members (excludes halogenated alkanes) is 7. The van der Waals surface area contributed by atoms with Crippen LogP contribution < -0.4 is 5.32 Å². The van der Waals surface area contributed by atoms with Crippen LogP contribution in [0.4, 0.5) is 40.8 Å². The highest BCUT2D eigenvalue weighted by molar-refractivity contribution is 7.84. The normalized spacial score (nSPS) is 14.1. The number of hydrogen-bond acceptors (Lipinski definition) is 3. The minimum atomic E-state index is -5.58. The number of benzene rings is 1. The Morgan fingerprint density at radius 3 is 1.97 bits per heavy atom. The molecule has 0 heterocycles. The minimum absolute atomic E-state index is 0.0231. The molecule has 0 aliphatic heterocycles. The first-order chi connectivity index (χ1) is 18.1. The zero-order chi connectivity index (χ0) is 29.7. The smallest absolute Gasteiger partial charge is 0.326 e. The van der Waals surface area contributed by atoms with E-state index in [1.54, 1.807) is 6.92 Å². The molecule has 1 N–H and O–H groups in total. The van der Waals surface area contributed by atoms with E-state index in [2.05, 4.69) is 5.32 Å². The average Bonchev–Trinajstić information content (AvgIpc) is 2.83. The second-order valence-corrected chi connectivity index (χ2v) is 11.2. The molecule has 2 atom stereocenters. The van der Waals surface area contributed by atoms with Gasteiger partial charge in [-0.1, -0.05) is 51.9 Å². The number of carbonyl (C=O) groups is 1. The van der Waals surface area contributed by atoms with E-state index in [1.807, 2.05) is 0 Å². The van der Waals surface area contributed by atoms with Crippen LogP contribution in [0.5, 0.6) is 0 Å². The number of hydrogen-bond donors (Lipinski definition) is 1. The van der Waals surface area contributed by atoms with Crippen LogP contribution in [0.25, 0.3) is 0 Å². The first-order valence-corrected chi connectivity index (χ1v) is 14.3. The highest BCUT2D eigenvalue weighted by Gasteiger charge is 2.56. The highest BCUT2D eigenvalue weighted by Crippen LogP contribution is 2.39. The number of amides is 1. The van der Waals surface area contributed by atoms with Gasteiger partial charge >= 0.3 is 18.3 Å². The van der Waals surface area contributed by atoms with E-state index in [0.717, 1.165) is 57.1 Å². The van der Waals surface area contributed by atoms with Crippen LogP contribution in [0.3, 0.4) is 0 Å². The van der Waals surface area contributed by atoms with E-state index in [1.165, 1.54) is 12.1 Å². The first kappa shape index (κ1) is 34.8. The Morgan fingerprint density at radius 2 is 1.44 bits per heavy atom. The maximum atomic E-state index is 13.1. The highest BCUT2D eigenvalue weighted by atomic mass is 32.2. The molecular weight excluding hydrogens is 556 g/mol. The fraction of sp³-hybridized carbons (Fsp3) is 0.692. The fourth-order valence-electron chi connectivity index (χ4n) is 3.82. The largest absolute Gasteiger partial charge is 0.453 e. The van der Waals surface area contributed by atoms with Crippen LogP contribution in [-0.2, 0) is 21.8 Å². The molecule has 0 radical (unpaired) electrons. The molecule has 39 heavy (non-hydrogen) atoms.